The Labute approximate surface area is 173 Å². The van der Waals surface area contributed by atoms with Crippen molar-refractivity contribution in [3.63, 3.8) is 0 Å². The number of hydrogen-bond acceptors (Lipinski definition) is 4. The number of unbranched alkanes of at least 4 members (excludes halogenated alkanes) is 7. The molecule has 0 aromatic heterocycles. The number of ether oxygens (including phenoxy) is 2. The molecule has 5 heteroatoms. The Bertz CT molecular complexity index is 387. The molecule has 2 unspecified atom stereocenters. The number of alkyl carbamates (subject to hydrolysis) is 1. The Hall–Kier alpha value is -1.26. The molecule has 0 fully saturated rings. The molecule has 0 aromatic carbocycles. The molecule has 0 bridgehead atoms. The van der Waals surface area contributed by atoms with Crippen molar-refractivity contribution in [2.75, 3.05) is 13.2 Å². The fraction of sp³-hybridized carbons (Fsp3) is 0.913. The van der Waals surface area contributed by atoms with E-state index in [-0.39, 0.29) is 5.97 Å². The second-order valence-electron chi connectivity index (χ2n) is 7.79. The predicted octanol–water partition coefficient (Wildman–Crippen LogP) is 6.39. The van der Waals surface area contributed by atoms with E-state index in [9.17, 15) is 9.59 Å². The van der Waals surface area contributed by atoms with E-state index in [0.717, 1.165) is 44.9 Å². The Morgan fingerprint density at radius 1 is 0.750 bits per heavy atom. The second kappa shape index (κ2) is 19.1. The Balaban J connectivity index is 4.09. The van der Waals surface area contributed by atoms with Gasteiger partial charge < -0.3 is 14.8 Å². The number of esters is 1. The van der Waals surface area contributed by atoms with Gasteiger partial charge in [-0.25, -0.2) is 9.59 Å². The number of hydrogen-bond donors (Lipinski definition) is 1. The SMILES string of the molecule is CCCCCCCCCOC(=O)C(CCC)NC(=O)OCC(CC)CCCC. The zero-order valence-electron chi connectivity index (χ0n) is 18.9. The molecule has 0 spiro atoms. The van der Waals surface area contributed by atoms with E-state index in [0.29, 0.717) is 25.6 Å². The van der Waals surface area contributed by atoms with Crippen molar-refractivity contribution >= 4 is 12.1 Å². The van der Waals surface area contributed by atoms with Gasteiger partial charge in [-0.3, -0.25) is 0 Å². The van der Waals surface area contributed by atoms with E-state index in [1.165, 1.54) is 32.1 Å². The highest BCUT2D eigenvalue weighted by atomic mass is 16.6. The highest BCUT2D eigenvalue weighted by molar-refractivity contribution is 5.81. The van der Waals surface area contributed by atoms with Crippen molar-refractivity contribution in [3.05, 3.63) is 0 Å². The summed E-state index contributed by atoms with van der Waals surface area (Å²) >= 11 is 0. The third-order valence-corrected chi connectivity index (χ3v) is 5.14. The van der Waals surface area contributed by atoms with Gasteiger partial charge in [0.2, 0.25) is 0 Å². The zero-order valence-corrected chi connectivity index (χ0v) is 18.9. The highest BCUT2D eigenvalue weighted by Crippen LogP contribution is 2.13. The van der Waals surface area contributed by atoms with Gasteiger partial charge in [0.15, 0.2) is 0 Å². The minimum absolute atomic E-state index is 0.345. The molecule has 5 nitrogen and oxygen atoms in total. The Morgan fingerprint density at radius 3 is 2.00 bits per heavy atom. The fourth-order valence-corrected chi connectivity index (χ4v) is 3.15. The van der Waals surface area contributed by atoms with Gasteiger partial charge in [-0.2, -0.15) is 0 Å². The van der Waals surface area contributed by atoms with Crippen molar-refractivity contribution in [1.82, 2.24) is 5.32 Å². The van der Waals surface area contributed by atoms with Crippen LogP contribution in [0.5, 0.6) is 0 Å². The lowest BCUT2D eigenvalue weighted by Gasteiger charge is -2.19. The van der Waals surface area contributed by atoms with Gasteiger partial charge in [0.25, 0.3) is 0 Å². The first-order valence-electron chi connectivity index (χ1n) is 11.7. The van der Waals surface area contributed by atoms with E-state index in [2.05, 4.69) is 26.1 Å². The van der Waals surface area contributed by atoms with Gasteiger partial charge >= 0.3 is 12.1 Å². The van der Waals surface area contributed by atoms with Crippen LogP contribution >= 0.6 is 0 Å². The Kier molecular flexibility index (Phi) is 18.2. The minimum Gasteiger partial charge on any atom is -0.464 e. The number of rotatable bonds is 18. The van der Waals surface area contributed by atoms with Crippen LogP contribution in [-0.4, -0.2) is 31.3 Å². The van der Waals surface area contributed by atoms with Crippen LogP contribution in [0.15, 0.2) is 0 Å². The lowest BCUT2D eigenvalue weighted by molar-refractivity contribution is -0.146. The van der Waals surface area contributed by atoms with E-state index in [1.807, 2.05) is 6.92 Å². The van der Waals surface area contributed by atoms with Crippen LogP contribution in [0.4, 0.5) is 4.79 Å². The van der Waals surface area contributed by atoms with E-state index >= 15 is 0 Å². The summed E-state index contributed by atoms with van der Waals surface area (Å²) in [6.07, 6.45) is 13.5. The number of amides is 1. The number of carbonyl (C=O) groups excluding carboxylic acids is 2. The number of nitrogens with one attached hydrogen (secondary N) is 1. The molecule has 1 N–H and O–H groups in total. The van der Waals surface area contributed by atoms with Gasteiger partial charge in [0.05, 0.1) is 13.2 Å². The third-order valence-electron chi connectivity index (χ3n) is 5.14. The summed E-state index contributed by atoms with van der Waals surface area (Å²) in [7, 11) is 0. The summed E-state index contributed by atoms with van der Waals surface area (Å²) in [6, 6.07) is -0.613. The van der Waals surface area contributed by atoms with Crippen LogP contribution in [0.2, 0.25) is 0 Å². The van der Waals surface area contributed by atoms with Crippen molar-refractivity contribution in [2.24, 2.45) is 5.92 Å². The monoisotopic (exact) mass is 399 g/mol. The molecule has 0 saturated heterocycles. The van der Waals surface area contributed by atoms with Crippen LogP contribution < -0.4 is 5.32 Å². The lowest BCUT2D eigenvalue weighted by atomic mass is 10.0. The van der Waals surface area contributed by atoms with Crippen molar-refractivity contribution in [2.45, 2.75) is 117 Å². The van der Waals surface area contributed by atoms with Crippen LogP contribution in [0, 0.1) is 5.92 Å². The highest BCUT2D eigenvalue weighted by Gasteiger charge is 2.22. The van der Waals surface area contributed by atoms with Gasteiger partial charge in [0.1, 0.15) is 6.04 Å². The second-order valence-corrected chi connectivity index (χ2v) is 7.79. The Morgan fingerprint density at radius 2 is 1.39 bits per heavy atom. The lowest BCUT2D eigenvalue weighted by Crippen LogP contribution is -2.42. The van der Waals surface area contributed by atoms with Gasteiger partial charge in [-0.1, -0.05) is 91.9 Å². The fourth-order valence-electron chi connectivity index (χ4n) is 3.15. The van der Waals surface area contributed by atoms with E-state index in [4.69, 9.17) is 9.47 Å². The maximum atomic E-state index is 12.3. The van der Waals surface area contributed by atoms with Crippen molar-refractivity contribution in [3.8, 4) is 0 Å². The van der Waals surface area contributed by atoms with Crippen molar-refractivity contribution in [1.29, 1.82) is 0 Å². The first kappa shape index (κ1) is 26.7. The van der Waals surface area contributed by atoms with E-state index in [1.54, 1.807) is 0 Å². The predicted molar refractivity (Wildman–Crippen MR) is 115 cm³/mol. The smallest absolute Gasteiger partial charge is 0.407 e. The average Bonchev–Trinajstić information content (AvgIpc) is 2.69. The molecule has 1 amide bonds. The third kappa shape index (κ3) is 14.8. The molecule has 0 aliphatic carbocycles. The number of carbonyl (C=O) groups is 2. The zero-order chi connectivity index (χ0) is 21.0. The first-order chi connectivity index (χ1) is 13.6. The molecular weight excluding hydrogens is 354 g/mol. The standard InChI is InChI=1S/C23H45NO4/c1-5-9-11-12-13-14-15-18-27-22(25)21(16-7-3)24-23(26)28-19-20(8-4)17-10-6-2/h20-21H,5-19H2,1-4H3,(H,24,26). The van der Waals surface area contributed by atoms with Gasteiger partial charge in [0, 0.05) is 0 Å². The molecule has 0 saturated carbocycles. The maximum Gasteiger partial charge on any atom is 0.407 e. The molecular formula is C23H45NO4. The topological polar surface area (TPSA) is 64.6 Å². The minimum atomic E-state index is -0.613. The van der Waals surface area contributed by atoms with Crippen molar-refractivity contribution < 1.29 is 19.1 Å². The summed E-state index contributed by atoms with van der Waals surface area (Å²) in [6.45, 7) is 9.31. The van der Waals surface area contributed by atoms with Crippen LogP contribution in [0.25, 0.3) is 0 Å². The average molecular weight is 400 g/mol. The molecule has 0 aliphatic heterocycles. The normalized spacial score (nSPS) is 13.0. The molecule has 2 atom stereocenters. The quantitative estimate of drug-likeness (QED) is 0.214. The van der Waals surface area contributed by atoms with Crippen LogP contribution in [0.1, 0.15) is 111 Å². The largest absolute Gasteiger partial charge is 0.464 e. The van der Waals surface area contributed by atoms with Crippen LogP contribution in [-0.2, 0) is 14.3 Å². The summed E-state index contributed by atoms with van der Waals surface area (Å²) in [4.78, 5) is 24.4. The summed E-state index contributed by atoms with van der Waals surface area (Å²) in [5, 5.41) is 2.69. The maximum absolute atomic E-state index is 12.3. The molecule has 28 heavy (non-hydrogen) atoms. The molecule has 166 valence electrons. The van der Waals surface area contributed by atoms with Crippen LogP contribution in [0.3, 0.4) is 0 Å². The molecule has 0 aromatic rings. The molecule has 0 heterocycles. The summed E-state index contributed by atoms with van der Waals surface area (Å²) < 4.78 is 10.7. The molecule has 0 rings (SSSR count). The summed E-state index contributed by atoms with van der Waals surface area (Å²) in [5.41, 5.74) is 0. The first-order valence-corrected chi connectivity index (χ1v) is 11.7. The van der Waals surface area contributed by atoms with Gasteiger partial charge in [-0.05, 0) is 25.2 Å². The summed E-state index contributed by atoms with van der Waals surface area (Å²) in [5.74, 6) is 0.0439. The molecule has 0 aliphatic rings. The van der Waals surface area contributed by atoms with Gasteiger partial charge in [-0.15, -0.1) is 0 Å². The molecule has 0 radical (unpaired) electrons. The van der Waals surface area contributed by atoms with E-state index < -0.39 is 12.1 Å².